The molecule has 0 radical (unpaired) electrons. The molecule has 0 heterocycles. The van der Waals surface area contributed by atoms with Gasteiger partial charge in [-0.15, -0.1) is 0 Å². The van der Waals surface area contributed by atoms with Gasteiger partial charge < -0.3 is 10.2 Å². The molecule has 1 aliphatic rings. The van der Waals surface area contributed by atoms with Gasteiger partial charge in [0.2, 0.25) is 0 Å². The Kier molecular flexibility index (Phi) is 2.59. The van der Waals surface area contributed by atoms with Crippen LogP contribution in [-0.4, -0.2) is 22.2 Å². The summed E-state index contributed by atoms with van der Waals surface area (Å²) in [4.78, 5) is 21.9. The molecule has 1 fully saturated rings. The van der Waals surface area contributed by atoms with Gasteiger partial charge in [-0.2, -0.15) is 0 Å². The van der Waals surface area contributed by atoms with E-state index in [1.807, 2.05) is 6.92 Å². The van der Waals surface area contributed by atoms with Crippen LogP contribution in [0.1, 0.15) is 32.6 Å². The van der Waals surface area contributed by atoms with E-state index in [9.17, 15) is 9.59 Å². The summed E-state index contributed by atoms with van der Waals surface area (Å²) in [7, 11) is 0. The summed E-state index contributed by atoms with van der Waals surface area (Å²) in [6.45, 7) is 1.84. The van der Waals surface area contributed by atoms with Gasteiger partial charge in [0, 0.05) is 0 Å². The predicted octanol–water partition coefficient (Wildman–Crippen LogP) is 1.35. The number of rotatable bonds is 3. The third kappa shape index (κ3) is 1.30. The number of carboxylic acid groups (broad SMARTS) is 2. The van der Waals surface area contributed by atoms with Gasteiger partial charge in [0.1, 0.15) is 0 Å². The van der Waals surface area contributed by atoms with Crippen LogP contribution in [0, 0.1) is 11.3 Å². The number of aliphatic carboxylic acids is 2. The van der Waals surface area contributed by atoms with Crippen LogP contribution in [0.3, 0.4) is 0 Å². The van der Waals surface area contributed by atoms with Gasteiger partial charge >= 0.3 is 11.9 Å². The maximum absolute atomic E-state index is 11.0. The maximum atomic E-state index is 11.0. The molecular weight excluding hydrogens is 172 g/mol. The molecule has 1 aliphatic carbocycles. The van der Waals surface area contributed by atoms with Crippen LogP contribution in [0.4, 0.5) is 0 Å². The van der Waals surface area contributed by atoms with Crippen LogP contribution >= 0.6 is 0 Å². The normalized spacial score (nSPS) is 25.8. The third-order valence-corrected chi connectivity index (χ3v) is 3.08. The minimum atomic E-state index is -1.51. The summed E-state index contributed by atoms with van der Waals surface area (Å²) in [6, 6.07) is 0. The van der Waals surface area contributed by atoms with Gasteiger partial charge in [0.05, 0.1) is 0 Å². The summed E-state index contributed by atoms with van der Waals surface area (Å²) in [6.07, 6.45) is 2.32. The molecule has 0 amide bonds. The average Bonchev–Trinajstić information content (AvgIpc) is 2.47. The van der Waals surface area contributed by atoms with Crippen LogP contribution < -0.4 is 0 Å². The Bertz CT molecular complexity index is 220. The molecule has 1 rings (SSSR count). The van der Waals surface area contributed by atoms with E-state index >= 15 is 0 Å². The highest BCUT2D eigenvalue weighted by atomic mass is 16.4. The minimum Gasteiger partial charge on any atom is -0.480 e. The Morgan fingerprint density at radius 3 is 2.23 bits per heavy atom. The lowest BCUT2D eigenvalue weighted by Crippen LogP contribution is -2.42. The second-order valence-electron chi connectivity index (χ2n) is 3.58. The summed E-state index contributed by atoms with van der Waals surface area (Å²) in [5, 5.41) is 17.9. The maximum Gasteiger partial charge on any atom is 0.321 e. The van der Waals surface area contributed by atoms with Crippen molar-refractivity contribution >= 4 is 11.9 Å². The quantitative estimate of drug-likeness (QED) is 0.652. The summed E-state index contributed by atoms with van der Waals surface area (Å²) in [5.74, 6) is -2.56. The molecule has 4 heteroatoms. The summed E-state index contributed by atoms with van der Waals surface area (Å²) >= 11 is 0. The van der Waals surface area contributed by atoms with Crippen molar-refractivity contribution in [2.24, 2.45) is 11.3 Å². The first-order chi connectivity index (χ1) is 6.05. The Labute approximate surface area is 76.6 Å². The zero-order valence-electron chi connectivity index (χ0n) is 7.62. The highest BCUT2D eigenvalue weighted by molar-refractivity contribution is 5.98. The van der Waals surface area contributed by atoms with Crippen LogP contribution in [0.25, 0.3) is 0 Å². The molecule has 0 bridgehead atoms. The van der Waals surface area contributed by atoms with Crippen molar-refractivity contribution in [3.8, 4) is 0 Å². The number of carbonyl (C=O) groups is 2. The number of hydrogen-bond acceptors (Lipinski definition) is 2. The Balaban J connectivity index is 3.02. The fraction of sp³-hybridized carbons (Fsp3) is 0.778. The first kappa shape index (κ1) is 10.0. The third-order valence-electron chi connectivity index (χ3n) is 3.08. The lowest BCUT2D eigenvalue weighted by molar-refractivity contribution is -0.167. The second kappa shape index (κ2) is 3.36. The molecule has 1 unspecified atom stereocenters. The van der Waals surface area contributed by atoms with Gasteiger partial charge in [-0.05, 0) is 18.8 Å². The monoisotopic (exact) mass is 186 g/mol. The van der Waals surface area contributed by atoms with Crippen molar-refractivity contribution in [3.63, 3.8) is 0 Å². The van der Waals surface area contributed by atoms with Crippen molar-refractivity contribution < 1.29 is 19.8 Å². The van der Waals surface area contributed by atoms with Crippen molar-refractivity contribution in [1.82, 2.24) is 0 Å². The zero-order chi connectivity index (χ0) is 10.1. The van der Waals surface area contributed by atoms with Crippen molar-refractivity contribution in [2.75, 3.05) is 0 Å². The van der Waals surface area contributed by atoms with Gasteiger partial charge in [-0.25, -0.2) is 0 Å². The Morgan fingerprint density at radius 2 is 1.92 bits per heavy atom. The molecule has 0 aromatic heterocycles. The van der Waals surface area contributed by atoms with Crippen LogP contribution in [0.15, 0.2) is 0 Å². The zero-order valence-corrected chi connectivity index (χ0v) is 7.62. The lowest BCUT2D eigenvalue weighted by Gasteiger charge is -2.25. The van der Waals surface area contributed by atoms with E-state index in [2.05, 4.69) is 0 Å². The first-order valence-electron chi connectivity index (χ1n) is 4.52. The largest absolute Gasteiger partial charge is 0.480 e. The molecule has 74 valence electrons. The SMILES string of the molecule is CCC1CCCC1(C(=O)O)C(=O)O. The molecular formula is C9H14O4. The molecule has 0 spiro atoms. The van der Waals surface area contributed by atoms with E-state index in [-0.39, 0.29) is 12.3 Å². The van der Waals surface area contributed by atoms with Crippen LogP contribution in [0.5, 0.6) is 0 Å². The van der Waals surface area contributed by atoms with Crippen molar-refractivity contribution in [1.29, 1.82) is 0 Å². The molecule has 2 N–H and O–H groups in total. The van der Waals surface area contributed by atoms with Crippen molar-refractivity contribution in [3.05, 3.63) is 0 Å². The van der Waals surface area contributed by atoms with E-state index in [1.165, 1.54) is 0 Å². The minimum absolute atomic E-state index is 0.206. The van der Waals surface area contributed by atoms with E-state index in [1.54, 1.807) is 0 Å². The van der Waals surface area contributed by atoms with E-state index in [0.29, 0.717) is 12.8 Å². The molecule has 0 aromatic rings. The molecule has 1 saturated carbocycles. The summed E-state index contributed by atoms with van der Waals surface area (Å²) in [5.41, 5.74) is -1.51. The molecule has 0 aliphatic heterocycles. The summed E-state index contributed by atoms with van der Waals surface area (Å²) < 4.78 is 0. The van der Waals surface area contributed by atoms with E-state index < -0.39 is 17.4 Å². The standard InChI is InChI=1S/C9H14O4/c1-2-6-4-3-5-9(6,7(10)11)8(12)13/h6H,2-5H2,1H3,(H,10,11)(H,12,13). The average molecular weight is 186 g/mol. The van der Waals surface area contributed by atoms with Gasteiger partial charge in [0.25, 0.3) is 0 Å². The second-order valence-corrected chi connectivity index (χ2v) is 3.58. The lowest BCUT2D eigenvalue weighted by atomic mass is 9.76. The molecule has 0 saturated heterocycles. The number of hydrogen-bond donors (Lipinski definition) is 2. The topological polar surface area (TPSA) is 74.6 Å². The van der Waals surface area contributed by atoms with Crippen molar-refractivity contribution in [2.45, 2.75) is 32.6 Å². The smallest absolute Gasteiger partial charge is 0.321 e. The van der Waals surface area contributed by atoms with E-state index in [4.69, 9.17) is 10.2 Å². The fourth-order valence-corrected chi connectivity index (χ4v) is 2.28. The molecule has 13 heavy (non-hydrogen) atoms. The first-order valence-corrected chi connectivity index (χ1v) is 4.52. The molecule has 0 aromatic carbocycles. The van der Waals surface area contributed by atoms with Crippen LogP contribution in [-0.2, 0) is 9.59 Å². The van der Waals surface area contributed by atoms with Gasteiger partial charge in [0.15, 0.2) is 5.41 Å². The van der Waals surface area contributed by atoms with Gasteiger partial charge in [-0.1, -0.05) is 19.8 Å². The van der Waals surface area contributed by atoms with E-state index in [0.717, 1.165) is 6.42 Å². The fourth-order valence-electron chi connectivity index (χ4n) is 2.28. The molecule has 1 atom stereocenters. The van der Waals surface area contributed by atoms with Crippen LogP contribution in [0.2, 0.25) is 0 Å². The highest BCUT2D eigenvalue weighted by Crippen LogP contribution is 2.45. The Morgan fingerprint density at radius 1 is 1.38 bits per heavy atom. The highest BCUT2D eigenvalue weighted by Gasteiger charge is 2.54. The predicted molar refractivity (Wildman–Crippen MR) is 45.3 cm³/mol. The van der Waals surface area contributed by atoms with Gasteiger partial charge in [-0.3, -0.25) is 9.59 Å². The molecule has 4 nitrogen and oxygen atoms in total. The number of carboxylic acids is 2. The Hall–Kier alpha value is -1.06.